The minimum atomic E-state index is -0.917. The van der Waals surface area contributed by atoms with Crippen LogP contribution in [0.25, 0.3) is 0 Å². The van der Waals surface area contributed by atoms with Gasteiger partial charge in [0.1, 0.15) is 18.1 Å². The molecule has 0 unspecified atom stereocenters. The van der Waals surface area contributed by atoms with Crippen LogP contribution in [0, 0.1) is 0 Å². The molecule has 2 atom stereocenters. The lowest BCUT2D eigenvalue weighted by molar-refractivity contribution is -0.0183. The zero-order valence-electron chi connectivity index (χ0n) is 18.4. The Kier molecular flexibility index (Phi) is 7.34. The first-order valence-corrected chi connectivity index (χ1v) is 11.1. The number of carbonyl (C=O) groups excluding carboxylic acids is 1. The number of piperidine rings is 1. The van der Waals surface area contributed by atoms with E-state index in [1.54, 1.807) is 24.4 Å². The van der Waals surface area contributed by atoms with E-state index in [0.717, 1.165) is 16.9 Å². The summed E-state index contributed by atoms with van der Waals surface area (Å²) in [5, 5.41) is 23.6. The maximum absolute atomic E-state index is 13.0. The molecule has 33 heavy (non-hydrogen) atoms. The van der Waals surface area contributed by atoms with Crippen molar-refractivity contribution < 1.29 is 19.7 Å². The van der Waals surface area contributed by atoms with Crippen LogP contribution in [0.5, 0.6) is 5.75 Å². The number of hydrogen-bond acceptors (Lipinski definition) is 6. The summed E-state index contributed by atoms with van der Waals surface area (Å²) in [5.74, 6) is 0.416. The molecule has 1 fully saturated rings. The average Bonchev–Trinajstić information content (AvgIpc) is 2.86. The van der Waals surface area contributed by atoms with Gasteiger partial charge >= 0.3 is 0 Å². The molecule has 0 aliphatic carbocycles. The monoisotopic (exact) mass is 447 g/mol. The molecule has 1 aliphatic heterocycles. The van der Waals surface area contributed by atoms with E-state index in [1.165, 1.54) is 0 Å². The van der Waals surface area contributed by atoms with E-state index in [0.29, 0.717) is 31.7 Å². The van der Waals surface area contributed by atoms with Crippen molar-refractivity contribution in [3.8, 4) is 5.75 Å². The Morgan fingerprint density at radius 1 is 1.09 bits per heavy atom. The summed E-state index contributed by atoms with van der Waals surface area (Å²) in [5.41, 5.74) is 1.26. The first-order valence-electron chi connectivity index (χ1n) is 11.1. The van der Waals surface area contributed by atoms with E-state index in [4.69, 9.17) is 9.84 Å². The van der Waals surface area contributed by atoms with Crippen LogP contribution in [0.3, 0.4) is 0 Å². The van der Waals surface area contributed by atoms with Gasteiger partial charge in [-0.3, -0.25) is 14.7 Å². The number of para-hydroxylation sites is 1. The zero-order chi connectivity index (χ0) is 23.1. The number of likely N-dealkylation sites (tertiary alicyclic amines) is 1. The fourth-order valence-corrected chi connectivity index (χ4v) is 4.36. The number of hydrogen-bond donors (Lipinski definition) is 3. The SMILES string of the molecule is O=C(N[C@@]1(c2ccccc2)CCN(Cc2ccccc2OCCO)C[C@H]1O)c1ccccn1. The van der Waals surface area contributed by atoms with Crippen molar-refractivity contribution in [3.05, 3.63) is 95.8 Å². The summed E-state index contributed by atoms with van der Waals surface area (Å²) in [6.07, 6.45) is 1.29. The Morgan fingerprint density at radius 3 is 2.58 bits per heavy atom. The number of carbonyl (C=O) groups is 1. The highest BCUT2D eigenvalue weighted by atomic mass is 16.5. The minimum Gasteiger partial charge on any atom is -0.491 e. The molecule has 2 aromatic carbocycles. The molecule has 0 spiro atoms. The molecule has 4 rings (SSSR count). The van der Waals surface area contributed by atoms with Gasteiger partial charge in [0.05, 0.1) is 18.2 Å². The second kappa shape index (κ2) is 10.6. The quantitative estimate of drug-likeness (QED) is 0.491. The number of pyridine rings is 1. The maximum Gasteiger partial charge on any atom is 0.270 e. The van der Waals surface area contributed by atoms with Crippen molar-refractivity contribution >= 4 is 5.91 Å². The molecule has 0 radical (unpaired) electrons. The van der Waals surface area contributed by atoms with Gasteiger partial charge in [-0.2, -0.15) is 0 Å². The molecular formula is C26H29N3O4. The smallest absolute Gasteiger partial charge is 0.270 e. The van der Waals surface area contributed by atoms with Gasteiger partial charge in [-0.05, 0) is 30.2 Å². The molecule has 1 aliphatic rings. The van der Waals surface area contributed by atoms with Crippen LogP contribution in [0.2, 0.25) is 0 Å². The van der Waals surface area contributed by atoms with Gasteiger partial charge in [0.25, 0.3) is 5.91 Å². The zero-order valence-corrected chi connectivity index (χ0v) is 18.4. The Balaban J connectivity index is 1.54. The van der Waals surface area contributed by atoms with Crippen molar-refractivity contribution in [3.63, 3.8) is 0 Å². The highest BCUT2D eigenvalue weighted by molar-refractivity contribution is 5.92. The van der Waals surface area contributed by atoms with Crippen molar-refractivity contribution in [1.29, 1.82) is 0 Å². The Hall–Kier alpha value is -3.26. The van der Waals surface area contributed by atoms with Gasteiger partial charge in [-0.25, -0.2) is 0 Å². The minimum absolute atomic E-state index is 0.0493. The molecular weight excluding hydrogens is 418 g/mol. The number of aliphatic hydroxyl groups excluding tert-OH is 2. The molecule has 3 aromatic rings. The first kappa shape index (κ1) is 22.9. The van der Waals surface area contributed by atoms with Crippen molar-refractivity contribution in [1.82, 2.24) is 15.2 Å². The van der Waals surface area contributed by atoms with Crippen molar-refractivity contribution in [2.45, 2.75) is 24.6 Å². The predicted octanol–water partition coefficient (Wildman–Crippen LogP) is 2.34. The molecule has 172 valence electrons. The number of aliphatic hydroxyl groups is 2. The molecule has 0 bridgehead atoms. The van der Waals surface area contributed by atoms with E-state index in [9.17, 15) is 9.90 Å². The molecule has 1 amide bonds. The molecule has 3 N–H and O–H groups in total. The van der Waals surface area contributed by atoms with Gasteiger partial charge in [0.15, 0.2) is 0 Å². The van der Waals surface area contributed by atoms with Crippen LogP contribution >= 0.6 is 0 Å². The maximum atomic E-state index is 13.0. The van der Waals surface area contributed by atoms with E-state index in [-0.39, 0.29) is 19.1 Å². The van der Waals surface area contributed by atoms with Gasteiger partial charge in [0.2, 0.25) is 0 Å². The van der Waals surface area contributed by atoms with Crippen molar-refractivity contribution in [2.24, 2.45) is 0 Å². The van der Waals surface area contributed by atoms with E-state index >= 15 is 0 Å². The van der Waals surface area contributed by atoms with Gasteiger partial charge < -0.3 is 20.3 Å². The van der Waals surface area contributed by atoms with Crippen LogP contribution in [0.15, 0.2) is 79.0 Å². The standard InChI is InChI=1S/C26H29N3O4/c30-16-17-33-23-12-5-4-8-20(23)18-29-15-13-26(24(31)19-29,21-9-2-1-3-10-21)28-25(32)22-11-6-7-14-27-22/h1-12,14,24,30-31H,13,15-19H2,(H,28,32)/t24-,26-/m1/s1. The number of nitrogens with zero attached hydrogens (tertiary/aromatic N) is 2. The molecule has 1 saturated heterocycles. The summed E-state index contributed by atoms with van der Waals surface area (Å²) in [6, 6.07) is 22.5. The largest absolute Gasteiger partial charge is 0.491 e. The third-order valence-electron chi connectivity index (χ3n) is 6.06. The summed E-state index contributed by atoms with van der Waals surface area (Å²) in [6.45, 7) is 1.83. The third kappa shape index (κ3) is 5.22. The van der Waals surface area contributed by atoms with Crippen molar-refractivity contribution in [2.75, 3.05) is 26.3 Å². The lowest BCUT2D eigenvalue weighted by atomic mass is 9.78. The number of nitrogens with one attached hydrogen (secondary N) is 1. The number of benzene rings is 2. The van der Waals surface area contributed by atoms with Crippen LogP contribution in [-0.4, -0.2) is 58.4 Å². The van der Waals surface area contributed by atoms with Crippen LogP contribution in [0.4, 0.5) is 0 Å². The fourth-order valence-electron chi connectivity index (χ4n) is 4.36. The van der Waals surface area contributed by atoms with E-state index in [1.807, 2.05) is 54.6 Å². The average molecular weight is 448 g/mol. The second-order valence-electron chi connectivity index (χ2n) is 8.19. The summed E-state index contributed by atoms with van der Waals surface area (Å²) in [4.78, 5) is 19.3. The molecule has 0 saturated carbocycles. The van der Waals surface area contributed by atoms with Crippen LogP contribution in [-0.2, 0) is 12.1 Å². The topological polar surface area (TPSA) is 94.9 Å². The van der Waals surface area contributed by atoms with Gasteiger partial charge in [0, 0.05) is 31.4 Å². The fraction of sp³-hybridized carbons (Fsp3) is 0.308. The van der Waals surface area contributed by atoms with Crippen LogP contribution in [0.1, 0.15) is 28.0 Å². The van der Waals surface area contributed by atoms with Gasteiger partial charge in [-0.15, -0.1) is 0 Å². The molecule has 1 aromatic heterocycles. The molecule has 2 heterocycles. The second-order valence-corrected chi connectivity index (χ2v) is 8.19. The number of ether oxygens (including phenoxy) is 1. The number of rotatable bonds is 8. The summed E-state index contributed by atoms with van der Waals surface area (Å²) in [7, 11) is 0. The highest BCUT2D eigenvalue weighted by Gasteiger charge is 2.45. The number of amides is 1. The number of β-amino-alcohol motifs (C(OH)–C–C–N with tert-alkyl or cyclic N) is 1. The molecule has 7 nitrogen and oxygen atoms in total. The summed E-state index contributed by atoms with van der Waals surface area (Å²) < 4.78 is 5.66. The third-order valence-corrected chi connectivity index (χ3v) is 6.06. The Labute approximate surface area is 193 Å². The predicted molar refractivity (Wildman–Crippen MR) is 125 cm³/mol. The number of aromatic nitrogens is 1. The highest BCUT2D eigenvalue weighted by Crippen LogP contribution is 2.35. The van der Waals surface area contributed by atoms with Gasteiger partial charge in [-0.1, -0.05) is 54.6 Å². The van der Waals surface area contributed by atoms with E-state index < -0.39 is 11.6 Å². The normalized spacial score (nSPS) is 20.8. The molecule has 7 heteroatoms. The first-order chi connectivity index (χ1) is 16.1. The summed E-state index contributed by atoms with van der Waals surface area (Å²) >= 11 is 0. The Morgan fingerprint density at radius 2 is 1.85 bits per heavy atom. The van der Waals surface area contributed by atoms with Crippen LogP contribution < -0.4 is 10.1 Å². The van der Waals surface area contributed by atoms with E-state index in [2.05, 4.69) is 15.2 Å². The Bertz CT molecular complexity index is 1050. The lowest BCUT2D eigenvalue weighted by Gasteiger charge is -2.46. The lowest BCUT2D eigenvalue weighted by Crippen LogP contribution is -2.61.